The van der Waals surface area contributed by atoms with Gasteiger partial charge in [-0.3, -0.25) is 4.68 Å². The first-order valence-corrected chi connectivity index (χ1v) is 6.88. The number of fused-ring (bicyclic) bond motifs is 2. The summed E-state index contributed by atoms with van der Waals surface area (Å²) in [5.41, 5.74) is 1.80. The van der Waals surface area contributed by atoms with Crippen molar-refractivity contribution in [2.24, 2.45) is 0 Å². The van der Waals surface area contributed by atoms with Gasteiger partial charge in [-0.15, -0.1) is 0 Å². The van der Waals surface area contributed by atoms with Gasteiger partial charge in [-0.05, 0) is 18.2 Å². The second-order valence-corrected chi connectivity index (χ2v) is 5.09. The number of para-hydroxylation sites is 2. The van der Waals surface area contributed by atoms with Gasteiger partial charge in [-0.25, -0.2) is 0 Å². The molecule has 1 unspecified atom stereocenters. The maximum atomic E-state index is 10.4. The number of hydrogen-bond donors (Lipinski definition) is 1. The molecular weight excluding hydrogens is 264 g/mol. The minimum atomic E-state index is -0.722. The largest absolute Gasteiger partial charge is 0.458 e. The lowest BCUT2D eigenvalue weighted by atomic mass is 10.2. The van der Waals surface area contributed by atoms with Crippen LogP contribution in [0.5, 0.6) is 0 Å². The highest BCUT2D eigenvalue weighted by atomic mass is 16.4. The molecule has 21 heavy (non-hydrogen) atoms. The Bertz CT molecular complexity index is 874. The first kappa shape index (κ1) is 12.2. The lowest BCUT2D eigenvalue weighted by Gasteiger charge is -2.08. The van der Waals surface area contributed by atoms with Crippen LogP contribution < -0.4 is 0 Å². The summed E-state index contributed by atoms with van der Waals surface area (Å²) in [5.74, 6) is 0.566. The fraction of sp³-hybridized carbons (Fsp3) is 0.118. The zero-order valence-corrected chi connectivity index (χ0v) is 11.3. The van der Waals surface area contributed by atoms with Gasteiger partial charge in [0.1, 0.15) is 17.4 Å². The van der Waals surface area contributed by atoms with Gasteiger partial charge >= 0.3 is 0 Å². The fourth-order valence-corrected chi connectivity index (χ4v) is 2.59. The van der Waals surface area contributed by atoms with Crippen LogP contribution in [0.1, 0.15) is 11.9 Å². The van der Waals surface area contributed by atoms with Gasteiger partial charge in [-0.1, -0.05) is 36.4 Å². The van der Waals surface area contributed by atoms with E-state index in [1.54, 1.807) is 10.9 Å². The number of aliphatic hydroxyl groups excluding tert-OH is 1. The Morgan fingerprint density at radius 3 is 2.67 bits per heavy atom. The second-order valence-electron chi connectivity index (χ2n) is 5.09. The molecule has 0 bridgehead atoms. The molecule has 0 aliphatic rings. The van der Waals surface area contributed by atoms with E-state index in [-0.39, 0.29) is 0 Å². The quantitative estimate of drug-likeness (QED) is 0.624. The Morgan fingerprint density at radius 2 is 1.81 bits per heavy atom. The van der Waals surface area contributed by atoms with Gasteiger partial charge in [0, 0.05) is 10.8 Å². The highest BCUT2D eigenvalue weighted by molar-refractivity contribution is 5.79. The van der Waals surface area contributed by atoms with Crippen molar-refractivity contribution in [3.63, 3.8) is 0 Å². The summed E-state index contributed by atoms with van der Waals surface area (Å²) in [5, 5.41) is 16.8. The lowest BCUT2D eigenvalue weighted by Crippen LogP contribution is -2.09. The first-order chi connectivity index (χ1) is 10.3. The molecule has 4 nitrogen and oxygen atoms in total. The number of rotatable bonds is 3. The maximum Gasteiger partial charge on any atom is 0.135 e. The van der Waals surface area contributed by atoms with Gasteiger partial charge < -0.3 is 9.52 Å². The molecule has 2 aromatic heterocycles. The van der Waals surface area contributed by atoms with Gasteiger partial charge in [-0.2, -0.15) is 5.10 Å². The van der Waals surface area contributed by atoms with E-state index in [9.17, 15) is 5.11 Å². The highest BCUT2D eigenvalue weighted by Gasteiger charge is 2.15. The molecule has 0 amide bonds. The Hall–Kier alpha value is -2.59. The van der Waals surface area contributed by atoms with Crippen LogP contribution in [0.25, 0.3) is 21.9 Å². The SMILES string of the molecule is OC(Cn1ncc2ccccc21)c1cc2ccccc2o1. The average molecular weight is 278 g/mol. The predicted molar refractivity (Wildman–Crippen MR) is 80.9 cm³/mol. The average Bonchev–Trinajstić information content (AvgIpc) is 3.11. The normalized spacial score (nSPS) is 13.0. The van der Waals surface area contributed by atoms with Gasteiger partial charge in [0.2, 0.25) is 0 Å². The zero-order chi connectivity index (χ0) is 14.2. The number of aromatic nitrogens is 2. The summed E-state index contributed by atoms with van der Waals surface area (Å²) in [6, 6.07) is 17.6. The number of benzene rings is 2. The van der Waals surface area contributed by atoms with Crippen LogP contribution in [-0.4, -0.2) is 14.9 Å². The van der Waals surface area contributed by atoms with Gasteiger partial charge in [0.25, 0.3) is 0 Å². The number of nitrogens with zero attached hydrogens (tertiary/aromatic N) is 2. The van der Waals surface area contributed by atoms with Crippen molar-refractivity contribution in [1.82, 2.24) is 9.78 Å². The third-order valence-corrected chi connectivity index (χ3v) is 3.67. The maximum absolute atomic E-state index is 10.4. The molecule has 0 saturated carbocycles. The summed E-state index contributed by atoms with van der Waals surface area (Å²) >= 11 is 0. The van der Waals surface area contributed by atoms with Crippen molar-refractivity contribution >= 4 is 21.9 Å². The van der Waals surface area contributed by atoms with Crippen LogP contribution in [0.2, 0.25) is 0 Å². The molecule has 0 fully saturated rings. The second kappa shape index (κ2) is 4.75. The molecule has 4 rings (SSSR count). The zero-order valence-electron chi connectivity index (χ0n) is 11.3. The number of furan rings is 1. The van der Waals surface area contributed by atoms with Gasteiger partial charge in [0.05, 0.1) is 18.3 Å². The lowest BCUT2D eigenvalue weighted by molar-refractivity contribution is 0.129. The van der Waals surface area contributed by atoms with E-state index in [4.69, 9.17) is 4.42 Å². The summed E-state index contributed by atoms with van der Waals surface area (Å²) in [4.78, 5) is 0. The Kier molecular flexibility index (Phi) is 2.75. The molecule has 0 saturated heterocycles. The van der Waals surface area contributed by atoms with Crippen LogP contribution >= 0.6 is 0 Å². The van der Waals surface area contributed by atoms with Crippen LogP contribution in [-0.2, 0) is 6.54 Å². The van der Waals surface area contributed by atoms with E-state index in [1.807, 2.05) is 54.6 Å². The van der Waals surface area contributed by atoms with Crippen LogP contribution in [0.4, 0.5) is 0 Å². The predicted octanol–water partition coefficient (Wildman–Crippen LogP) is 3.52. The molecule has 1 N–H and O–H groups in total. The van der Waals surface area contributed by atoms with Crippen molar-refractivity contribution in [2.75, 3.05) is 0 Å². The van der Waals surface area contributed by atoms with Crippen molar-refractivity contribution in [2.45, 2.75) is 12.6 Å². The molecule has 0 spiro atoms. The smallest absolute Gasteiger partial charge is 0.135 e. The highest BCUT2D eigenvalue weighted by Crippen LogP contribution is 2.25. The van der Waals surface area contributed by atoms with E-state index >= 15 is 0 Å². The molecule has 0 aliphatic carbocycles. The molecule has 0 aliphatic heterocycles. The topological polar surface area (TPSA) is 51.2 Å². The van der Waals surface area contributed by atoms with Crippen molar-refractivity contribution in [3.8, 4) is 0 Å². The minimum absolute atomic E-state index is 0.368. The molecule has 2 heterocycles. The summed E-state index contributed by atoms with van der Waals surface area (Å²) in [7, 11) is 0. The van der Waals surface area contributed by atoms with E-state index < -0.39 is 6.10 Å². The molecule has 1 atom stereocenters. The molecular formula is C17H14N2O2. The van der Waals surface area contributed by atoms with E-state index in [0.29, 0.717) is 12.3 Å². The van der Waals surface area contributed by atoms with E-state index in [1.165, 1.54) is 0 Å². The monoisotopic (exact) mass is 278 g/mol. The van der Waals surface area contributed by atoms with Crippen LogP contribution in [0, 0.1) is 0 Å². The first-order valence-electron chi connectivity index (χ1n) is 6.88. The summed E-state index contributed by atoms with van der Waals surface area (Å²) < 4.78 is 7.50. The Balaban J connectivity index is 1.67. The molecule has 2 aromatic carbocycles. The molecule has 0 radical (unpaired) electrons. The summed E-state index contributed by atoms with van der Waals surface area (Å²) in [6.45, 7) is 0.368. The number of aliphatic hydroxyl groups is 1. The fourth-order valence-electron chi connectivity index (χ4n) is 2.59. The molecule has 104 valence electrons. The van der Waals surface area contributed by atoms with E-state index in [2.05, 4.69) is 5.10 Å². The van der Waals surface area contributed by atoms with Crippen molar-refractivity contribution in [3.05, 3.63) is 66.6 Å². The third kappa shape index (κ3) is 2.10. The van der Waals surface area contributed by atoms with Crippen LogP contribution in [0.15, 0.2) is 65.2 Å². The third-order valence-electron chi connectivity index (χ3n) is 3.67. The Morgan fingerprint density at radius 1 is 1.05 bits per heavy atom. The molecule has 4 aromatic rings. The Labute approximate surface area is 121 Å². The van der Waals surface area contributed by atoms with Crippen LogP contribution in [0.3, 0.4) is 0 Å². The van der Waals surface area contributed by atoms with Crippen molar-refractivity contribution < 1.29 is 9.52 Å². The van der Waals surface area contributed by atoms with Crippen molar-refractivity contribution in [1.29, 1.82) is 0 Å². The number of hydrogen-bond acceptors (Lipinski definition) is 3. The standard InChI is InChI=1S/C17H14N2O2/c20-15(17-9-12-5-2-4-8-16(12)21-17)11-19-14-7-3-1-6-13(14)10-18-19/h1-10,15,20H,11H2. The minimum Gasteiger partial charge on any atom is -0.458 e. The molecule has 4 heteroatoms. The van der Waals surface area contributed by atoms with Gasteiger partial charge in [0.15, 0.2) is 0 Å². The summed E-state index contributed by atoms with van der Waals surface area (Å²) in [6.07, 6.45) is 1.08. The van der Waals surface area contributed by atoms with E-state index in [0.717, 1.165) is 21.9 Å².